The van der Waals surface area contributed by atoms with E-state index >= 15 is 0 Å². The van der Waals surface area contributed by atoms with E-state index in [4.69, 9.17) is 0 Å². The largest absolute Gasteiger partial charge is 0.312 e. The maximum absolute atomic E-state index is 13.1. The quantitative estimate of drug-likeness (QED) is 0.897. The molecule has 1 fully saturated rings. The summed E-state index contributed by atoms with van der Waals surface area (Å²) in [5.74, 6) is -0.153. The lowest BCUT2D eigenvalue weighted by atomic mass is 9.91. The number of nitrogens with one attached hydrogen (secondary N) is 1. The number of halogens is 1. The second-order valence-corrected chi connectivity index (χ2v) is 5.74. The van der Waals surface area contributed by atoms with Crippen molar-refractivity contribution in [2.75, 3.05) is 13.1 Å². The average molecular weight is 264 g/mol. The van der Waals surface area contributed by atoms with Crippen LogP contribution in [0.5, 0.6) is 0 Å². The molecule has 0 unspecified atom stereocenters. The molecule has 1 aromatic carbocycles. The first-order chi connectivity index (χ1) is 9.10. The maximum atomic E-state index is 13.1. The Labute approximate surface area is 116 Å². The summed E-state index contributed by atoms with van der Waals surface area (Å²) in [4.78, 5) is 2.49. The zero-order chi connectivity index (χ0) is 13.8. The highest BCUT2D eigenvalue weighted by Gasteiger charge is 2.28. The van der Waals surface area contributed by atoms with Gasteiger partial charge in [-0.25, -0.2) is 4.39 Å². The highest BCUT2D eigenvalue weighted by molar-refractivity contribution is 5.21. The molecule has 1 saturated heterocycles. The number of nitrogens with zero attached hydrogens (tertiary/aromatic N) is 1. The van der Waals surface area contributed by atoms with Gasteiger partial charge in [0.2, 0.25) is 0 Å². The summed E-state index contributed by atoms with van der Waals surface area (Å²) in [5.41, 5.74) is 1.23. The normalized spacial score (nSPS) is 24.9. The molecule has 1 aliphatic heterocycles. The molecule has 1 aliphatic rings. The van der Waals surface area contributed by atoms with Crippen molar-refractivity contribution in [3.05, 3.63) is 35.6 Å². The summed E-state index contributed by atoms with van der Waals surface area (Å²) in [7, 11) is 0. The third-order valence-corrected chi connectivity index (χ3v) is 3.94. The van der Waals surface area contributed by atoms with Crippen LogP contribution in [-0.4, -0.2) is 30.1 Å². The standard InChI is InChI=1S/C16H25FN2/c1-4-19-10-9-15(18-12(2)3)11-16(19)13-5-7-14(17)8-6-13/h5-8,12,15-16,18H,4,9-11H2,1-3H3/t15-,16+/m1/s1. The van der Waals surface area contributed by atoms with Gasteiger partial charge in [-0.15, -0.1) is 0 Å². The van der Waals surface area contributed by atoms with Crippen LogP contribution < -0.4 is 5.32 Å². The SMILES string of the molecule is CCN1CC[C@@H](NC(C)C)C[C@H]1c1ccc(F)cc1. The molecule has 2 rings (SSSR count). The summed E-state index contributed by atoms with van der Waals surface area (Å²) in [6.45, 7) is 8.75. The third kappa shape index (κ3) is 3.77. The summed E-state index contributed by atoms with van der Waals surface area (Å²) < 4.78 is 13.1. The number of hydrogen-bond donors (Lipinski definition) is 1. The Hall–Kier alpha value is -0.930. The van der Waals surface area contributed by atoms with Crippen molar-refractivity contribution in [2.24, 2.45) is 0 Å². The molecule has 1 heterocycles. The van der Waals surface area contributed by atoms with Crippen molar-refractivity contribution in [1.82, 2.24) is 10.2 Å². The molecule has 0 radical (unpaired) electrons. The topological polar surface area (TPSA) is 15.3 Å². The fraction of sp³-hybridized carbons (Fsp3) is 0.625. The number of rotatable bonds is 4. The van der Waals surface area contributed by atoms with Crippen molar-refractivity contribution in [3.63, 3.8) is 0 Å². The molecule has 19 heavy (non-hydrogen) atoms. The lowest BCUT2D eigenvalue weighted by molar-refractivity contribution is 0.128. The van der Waals surface area contributed by atoms with Crippen LogP contribution in [0.25, 0.3) is 0 Å². The number of piperidine rings is 1. The Kier molecular flexibility index (Phi) is 4.94. The fourth-order valence-corrected chi connectivity index (χ4v) is 3.05. The molecule has 106 valence electrons. The number of benzene rings is 1. The van der Waals surface area contributed by atoms with E-state index < -0.39 is 0 Å². The molecule has 2 nitrogen and oxygen atoms in total. The van der Waals surface area contributed by atoms with Crippen LogP contribution in [0.4, 0.5) is 4.39 Å². The van der Waals surface area contributed by atoms with Crippen molar-refractivity contribution >= 4 is 0 Å². The van der Waals surface area contributed by atoms with Gasteiger partial charge in [0.25, 0.3) is 0 Å². The van der Waals surface area contributed by atoms with Gasteiger partial charge in [0.05, 0.1) is 0 Å². The van der Waals surface area contributed by atoms with Gasteiger partial charge in [-0.3, -0.25) is 4.90 Å². The Bertz CT molecular complexity index is 388. The van der Waals surface area contributed by atoms with E-state index in [1.165, 1.54) is 12.0 Å². The summed E-state index contributed by atoms with van der Waals surface area (Å²) in [6, 6.07) is 8.51. The molecule has 0 bridgehead atoms. The molecule has 0 aromatic heterocycles. The van der Waals surface area contributed by atoms with Crippen LogP contribution in [0, 0.1) is 5.82 Å². The molecular weight excluding hydrogens is 239 g/mol. The minimum absolute atomic E-state index is 0.153. The van der Waals surface area contributed by atoms with Gasteiger partial charge in [-0.05, 0) is 37.1 Å². The van der Waals surface area contributed by atoms with E-state index in [-0.39, 0.29) is 5.82 Å². The van der Waals surface area contributed by atoms with Gasteiger partial charge in [0, 0.05) is 24.7 Å². The van der Waals surface area contributed by atoms with E-state index in [1.54, 1.807) is 12.1 Å². The van der Waals surface area contributed by atoms with E-state index in [1.807, 2.05) is 12.1 Å². The molecule has 0 spiro atoms. The molecule has 1 aromatic rings. The lowest BCUT2D eigenvalue weighted by Crippen LogP contribution is -2.46. The highest BCUT2D eigenvalue weighted by Crippen LogP contribution is 2.31. The summed E-state index contributed by atoms with van der Waals surface area (Å²) in [5, 5.41) is 3.64. The van der Waals surface area contributed by atoms with Gasteiger partial charge in [0.1, 0.15) is 5.82 Å². The van der Waals surface area contributed by atoms with E-state index in [2.05, 4.69) is 31.0 Å². The monoisotopic (exact) mass is 264 g/mol. The first-order valence-corrected chi connectivity index (χ1v) is 7.35. The zero-order valence-electron chi connectivity index (χ0n) is 12.2. The average Bonchev–Trinajstić information content (AvgIpc) is 2.39. The zero-order valence-corrected chi connectivity index (χ0v) is 12.2. The van der Waals surface area contributed by atoms with Gasteiger partial charge in [-0.2, -0.15) is 0 Å². The van der Waals surface area contributed by atoms with E-state index in [9.17, 15) is 4.39 Å². The molecular formula is C16H25FN2. The Morgan fingerprint density at radius 2 is 2.00 bits per heavy atom. The van der Waals surface area contributed by atoms with Crippen LogP contribution in [0.15, 0.2) is 24.3 Å². The van der Waals surface area contributed by atoms with E-state index in [0.717, 1.165) is 19.5 Å². The Balaban J connectivity index is 2.11. The van der Waals surface area contributed by atoms with Gasteiger partial charge in [0.15, 0.2) is 0 Å². The van der Waals surface area contributed by atoms with Crippen molar-refractivity contribution in [2.45, 2.75) is 51.7 Å². The van der Waals surface area contributed by atoms with Crippen molar-refractivity contribution in [1.29, 1.82) is 0 Å². The smallest absolute Gasteiger partial charge is 0.123 e. The minimum atomic E-state index is -0.153. The van der Waals surface area contributed by atoms with Crippen LogP contribution in [0.1, 0.15) is 45.2 Å². The second kappa shape index (κ2) is 6.49. The first kappa shape index (κ1) is 14.5. The highest BCUT2D eigenvalue weighted by atomic mass is 19.1. The van der Waals surface area contributed by atoms with Crippen molar-refractivity contribution in [3.8, 4) is 0 Å². The number of hydrogen-bond acceptors (Lipinski definition) is 2. The Morgan fingerprint density at radius 3 is 2.58 bits per heavy atom. The van der Waals surface area contributed by atoms with Crippen LogP contribution in [0.3, 0.4) is 0 Å². The molecule has 1 N–H and O–H groups in total. The first-order valence-electron chi connectivity index (χ1n) is 7.35. The third-order valence-electron chi connectivity index (χ3n) is 3.94. The molecule has 0 amide bonds. The molecule has 0 aliphatic carbocycles. The maximum Gasteiger partial charge on any atom is 0.123 e. The predicted molar refractivity (Wildman–Crippen MR) is 77.7 cm³/mol. The second-order valence-electron chi connectivity index (χ2n) is 5.74. The minimum Gasteiger partial charge on any atom is -0.312 e. The van der Waals surface area contributed by atoms with E-state index in [0.29, 0.717) is 18.1 Å². The molecule has 2 atom stereocenters. The van der Waals surface area contributed by atoms with Crippen LogP contribution in [-0.2, 0) is 0 Å². The van der Waals surface area contributed by atoms with Gasteiger partial charge < -0.3 is 5.32 Å². The molecule has 0 saturated carbocycles. The number of likely N-dealkylation sites (tertiary alicyclic amines) is 1. The van der Waals surface area contributed by atoms with Crippen LogP contribution in [0.2, 0.25) is 0 Å². The van der Waals surface area contributed by atoms with Gasteiger partial charge >= 0.3 is 0 Å². The lowest BCUT2D eigenvalue weighted by Gasteiger charge is -2.40. The predicted octanol–water partition coefficient (Wildman–Crippen LogP) is 3.35. The fourth-order valence-electron chi connectivity index (χ4n) is 3.05. The van der Waals surface area contributed by atoms with Crippen LogP contribution >= 0.6 is 0 Å². The molecule has 3 heteroatoms. The summed E-state index contributed by atoms with van der Waals surface area (Å²) in [6.07, 6.45) is 2.31. The Morgan fingerprint density at radius 1 is 1.32 bits per heavy atom. The van der Waals surface area contributed by atoms with Gasteiger partial charge in [-0.1, -0.05) is 32.9 Å². The van der Waals surface area contributed by atoms with Crippen molar-refractivity contribution < 1.29 is 4.39 Å². The summed E-state index contributed by atoms with van der Waals surface area (Å²) >= 11 is 0.